The summed E-state index contributed by atoms with van der Waals surface area (Å²) < 4.78 is 67.9. The van der Waals surface area contributed by atoms with E-state index >= 15 is 0 Å². The van der Waals surface area contributed by atoms with Crippen molar-refractivity contribution in [3.05, 3.63) is 81.2 Å². The molecule has 0 saturated carbocycles. The molecule has 6 heteroatoms. The summed E-state index contributed by atoms with van der Waals surface area (Å²) in [5, 5.41) is 2.39. The van der Waals surface area contributed by atoms with Gasteiger partial charge in [-0.25, -0.2) is 22.0 Å². The highest BCUT2D eigenvalue weighted by Gasteiger charge is 2.28. The third-order valence-electron chi connectivity index (χ3n) is 5.61. The Morgan fingerprint density at radius 1 is 0.786 bits per heavy atom. The van der Waals surface area contributed by atoms with Crippen LogP contribution in [-0.2, 0) is 6.54 Å². The largest absolute Gasteiger partial charge is 0.376 e. The minimum Gasteiger partial charge on any atom is -0.376 e. The van der Waals surface area contributed by atoms with E-state index in [1.54, 1.807) is 12.1 Å². The van der Waals surface area contributed by atoms with Crippen LogP contribution in [0, 0.1) is 35.0 Å². The van der Waals surface area contributed by atoms with Crippen LogP contribution in [0.4, 0.5) is 27.6 Å². The van der Waals surface area contributed by atoms with Gasteiger partial charge in [0, 0.05) is 12.5 Å². The summed E-state index contributed by atoms with van der Waals surface area (Å²) in [5.41, 5.74) is 5.25. The highest BCUT2D eigenvalue weighted by molar-refractivity contribution is 5.81. The summed E-state index contributed by atoms with van der Waals surface area (Å²) in [4.78, 5) is 0. The Bertz CT molecular complexity index is 991. The molecule has 2 aromatic rings. The molecule has 0 spiro atoms. The zero-order valence-electron chi connectivity index (χ0n) is 16.0. The Labute approximate surface area is 160 Å². The Kier molecular flexibility index (Phi) is 5.33. The van der Waals surface area contributed by atoms with Crippen LogP contribution in [0.2, 0.25) is 0 Å². The zero-order chi connectivity index (χ0) is 20.7. The first-order chi connectivity index (χ1) is 13.2. The van der Waals surface area contributed by atoms with Gasteiger partial charge in [0.15, 0.2) is 23.3 Å². The van der Waals surface area contributed by atoms with Gasteiger partial charge in [-0.15, -0.1) is 0 Å². The van der Waals surface area contributed by atoms with Crippen LogP contribution < -0.4 is 5.32 Å². The molecule has 0 saturated heterocycles. The molecule has 1 atom stereocenters. The van der Waals surface area contributed by atoms with E-state index in [-0.39, 0.29) is 12.5 Å². The number of anilines is 1. The van der Waals surface area contributed by atoms with Crippen molar-refractivity contribution in [3.63, 3.8) is 0 Å². The van der Waals surface area contributed by atoms with E-state index in [1.165, 1.54) is 11.1 Å². The van der Waals surface area contributed by atoms with Gasteiger partial charge in [0.25, 0.3) is 0 Å². The highest BCUT2D eigenvalue weighted by Crippen LogP contribution is 2.43. The van der Waals surface area contributed by atoms with E-state index < -0.39 is 34.8 Å². The van der Waals surface area contributed by atoms with Crippen LogP contribution >= 0.6 is 0 Å². The van der Waals surface area contributed by atoms with Gasteiger partial charge in [0.1, 0.15) is 5.69 Å². The standard InChI is InChI=1S/C22H20F5N/c1-10-11(2)13(4)16(12(10)3)15-8-6-5-7-14(15)9-28-22-20(26)18(24)17(23)19(25)21(22)27/h5-8,12,28H,9H2,1-4H3. The molecular weight excluding hydrogens is 373 g/mol. The van der Waals surface area contributed by atoms with Crippen LogP contribution in [0.3, 0.4) is 0 Å². The molecule has 1 N–H and O–H groups in total. The lowest BCUT2D eigenvalue weighted by atomic mass is 9.89. The number of halogens is 5. The predicted octanol–water partition coefficient (Wildman–Crippen LogP) is 6.75. The topological polar surface area (TPSA) is 12.0 Å². The van der Waals surface area contributed by atoms with E-state index in [1.807, 2.05) is 26.0 Å². The molecular formula is C22H20F5N. The summed E-state index contributed by atoms with van der Waals surface area (Å²) in [5.74, 6) is -9.66. The van der Waals surface area contributed by atoms with Crippen LogP contribution in [0.5, 0.6) is 0 Å². The van der Waals surface area contributed by atoms with E-state index in [4.69, 9.17) is 0 Å². The van der Waals surface area contributed by atoms with Gasteiger partial charge < -0.3 is 5.32 Å². The third-order valence-corrected chi connectivity index (χ3v) is 5.61. The van der Waals surface area contributed by atoms with E-state index in [2.05, 4.69) is 19.2 Å². The molecule has 0 heterocycles. The molecule has 0 bridgehead atoms. The maximum atomic E-state index is 13.9. The molecule has 0 aliphatic heterocycles. The van der Waals surface area contributed by atoms with Crippen molar-refractivity contribution in [1.82, 2.24) is 0 Å². The molecule has 0 radical (unpaired) electrons. The SMILES string of the molecule is CC1=C(C)C(C)C(c2ccccc2CNc2c(F)c(F)c(F)c(F)c2F)=C1C. The van der Waals surface area contributed by atoms with Gasteiger partial charge in [-0.2, -0.15) is 0 Å². The zero-order valence-corrected chi connectivity index (χ0v) is 16.0. The average Bonchev–Trinajstić information content (AvgIpc) is 2.88. The Balaban J connectivity index is 1.98. The fraction of sp³-hybridized carbons (Fsp3) is 0.273. The summed E-state index contributed by atoms with van der Waals surface area (Å²) in [6.07, 6.45) is 0. The van der Waals surface area contributed by atoms with Gasteiger partial charge in [0.05, 0.1) is 0 Å². The monoisotopic (exact) mass is 393 g/mol. The second-order valence-corrected chi connectivity index (χ2v) is 7.02. The molecule has 1 unspecified atom stereocenters. The first-order valence-corrected chi connectivity index (χ1v) is 8.88. The predicted molar refractivity (Wildman–Crippen MR) is 100 cm³/mol. The maximum absolute atomic E-state index is 13.9. The molecule has 0 fully saturated rings. The maximum Gasteiger partial charge on any atom is 0.200 e. The second-order valence-electron chi connectivity index (χ2n) is 7.02. The fourth-order valence-corrected chi connectivity index (χ4v) is 3.68. The number of hydrogen-bond donors (Lipinski definition) is 1. The lowest BCUT2D eigenvalue weighted by molar-refractivity contribution is 0.381. The molecule has 1 aliphatic rings. The van der Waals surface area contributed by atoms with Crippen molar-refractivity contribution in [1.29, 1.82) is 0 Å². The Morgan fingerprint density at radius 2 is 1.32 bits per heavy atom. The lowest BCUT2D eigenvalue weighted by Gasteiger charge is -2.18. The van der Waals surface area contributed by atoms with E-state index in [0.717, 1.165) is 16.7 Å². The summed E-state index contributed by atoms with van der Waals surface area (Å²) in [6.45, 7) is 8.12. The number of hydrogen-bond acceptors (Lipinski definition) is 1. The lowest BCUT2D eigenvalue weighted by Crippen LogP contribution is -2.11. The van der Waals surface area contributed by atoms with Crippen LogP contribution in [0.1, 0.15) is 38.8 Å². The molecule has 0 aromatic heterocycles. The van der Waals surface area contributed by atoms with Crippen molar-refractivity contribution in [2.75, 3.05) is 5.32 Å². The Hall–Kier alpha value is -2.63. The summed E-state index contributed by atoms with van der Waals surface area (Å²) in [7, 11) is 0. The molecule has 3 rings (SSSR count). The van der Waals surface area contributed by atoms with Gasteiger partial charge in [-0.05, 0) is 48.6 Å². The smallest absolute Gasteiger partial charge is 0.200 e. The molecule has 0 amide bonds. The summed E-state index contributed by atoms with van der Waals surface area (Å²) in [6, 6.07) is 7.29. The van der Waals surface area contributed by atoms with E-state index in [9.17, 15) is 22.0 Å². The molecule has 148 valence electrons. The Morgan fingerprint density at radius 3 is 1.86 bits per heavy atom. The number of rotatable bonds is 4. The van der Waals surface area contributed by atoms with Crippen molar-refractivity contribution in [3.8, 4) is 0 Å². The summed E-state index contributed by atoms with van der Waals surface area (Å²) >= 11 is 0. The average molecular weight is 393 g/mol. The van der Waals surface area contributed by atoms with Gasteiger partial charge in [-0.3, -0.25) is 0 Å². The van der Waals surface area contributed by atoms with Crippen molar-refractivity contribution < 1.29 is 22.0 Å². The third kappa shape index (κ3) is 3.11. The number of nitrogens with one attached hydrogen (secondary N) is 1. The second kappa shape index (κ2) is 7.41. The first kappa shape index (κ1) is 20.1. The van der Waals surface area contributed by atoms with Crippen LogP contribution in [-0.4, -0.2) is 0 Å². The van der Waals surface area contributed by atoms with Crippen molar-refractivity contribution in [2.45, 2.75) is 34.2 Å². The fourth-order valence-electron chi connectivity index (χ4n) is 3.68. The van der Waals surface area contributed by atoms with Gasteiger partial charge in [0.2, 0.25) is 5.82 Å². The number of allylic oxidation sites excluding steroid dienone is 4. The number of benzene rings is 2. The van der Waals surface area contributed by atoms with E-state index in [0.29, 0.717) is 5.56 Å². The van der Waals surface area contributed by atoms with Crippen LogP contribution in [0.15, 0.2) is 41.0 Å². The molecule has 1 nitrogen and oxygen atoms in total. The molecule has 1 aliphatic carbocycles. The first-order valence-electron chi connectivity index (χ1n) is 8.88. The van der Waals surface area contributed by atoms with Crippen molar-refractivity contribution >= 4 is 11.3 Å². The quantitative estimate of drug-likeness (QED) is 0.344. The minimum atomic E-state index is -2.17. The highest BCUT2D eigenvalue weighted by atomic mass is 19.2. The van der Waals surface area contributed by atoms with Crippen LogP contribution in [0.25, 0.3) is 5.57 Å². The van der Waals surface area contributed by atoms with Gasteiger partial charge >= 0.3 is 0 Å². The van der Waals surface area contributed by atoms with Gasteiger partial charge in [-0.1, -0.05) is 36.8 Å². The molecule has 2 aromatic carbocycles. The normalized spacial score (nSPS) is 17.0. The minimum absolute atomic E-state index is 0.0872. The molecule has 28 heavy (non-hydrogen) atoms. The van der Waals surface area contributed by atoms with Crippen molar-refractivity contribution in [2.24, 2.45) is 5.92 Å².